The molecule has 0 aliphatic heterocycles. The van der Waals surface area contributed by atoms with Gasteiger partial charge in [0, 0.05) is 32.6 Å². The highest BCUT2D eigenvalue weighted by atomic mass is 127. The molecule has 0 bridgehead atoms. The molecule has 0 saturated heterocycles. The van der Waals surface area contributed by atoms with E-state index in [1.165, 1.54) is 17.1 Å². The highest BCUT2D eigenvalue weighted by molar-refractivity contribution is 14.1. The Labute approximate surface area is 108 Å². The molecule has 0 N–H and O–H groups in total. The predicted molar refractivity (Wildman–Crippen MR) is 70.5 cm³/mol. The molecule has 0 spiro atoms. The Kier molecular flexibility index (Phi) is 3.18. The Bertz CT molecular complexity index is 470. The molecule has 2 aromatic rings. The van der Waals surface area contributed by atoms with Crippen LogP contribution in [0.2, 0.25) is 0 Å². The number of nitrogens with zero attached hydrogens (tertiary/aromatic N) is 2. The summed E-state index contributed by atoms with van der Waals surface area (Å²) in [5, 5.41) is 0.963. The van der Waals surface area contributed by atoms with Crippen LogP contribution in [-0.4, -0.2) is 9.36 Å². The highest BCUT2D eigenvalue weighted by Gasteiger charge is 2.08. The maximum absolute atomic E-state index is 4.35. The van der Waals surface area contributed by atoms with Crippen molar-refractivity contribution < 1.29 is 0 Å². The van der Waals surface area contributed by atoms with Gasteiger partial charge >= 0.3 is 0 Å². The Hall–Kier alpha value is -0.0100. The molecule has 1 aromatic carbocycles. The molecule has 1 heterocycles. The van der Waals surface area contributed by atoms with Crippen LogP contribution in [0.15, 0.2) is 22.7 Å². The third-order valence-corrected chi connectivity index (χ3v) is 4.00. The largest absolute Gasteiger partial charge is 0.210 e. The van der Waals surface area contributed by atoms with E-state index in [1.807, 2.05) is 6.07 Å². The minimum atomic E-state index is 0.802. The van der Waals surface area contributed by atoms with Crippen molar-refractivity contribution in [3.8, 4) is 10.6 Å². The molecule has 0 fully saturated rings. The highest BCUT2D eigenvalue weighted by Crippen LogP contribution is 2.30. The van der Waals surface area contributed by atoms with Crippen LogP contribution in [0.5, 0.6) is 0 Å². The number of aryl methyl sites for hydroxylation is 1. The van der Waals surface area contributed by atoms with Gasteiger partial charge < -0.3 is 0 Å². The summed E-state index contributed by atoms with van der Waals surface area (Å²) in [5.74, 6) is 0. The van der Waals surface area contributed by atoms with E-state index in [-0.39, 0.29) is 0 Å². The van der Waals surface area contributed by atoms with E-state index >= 15 is 0 Å². The van der Waals surface area contributed by atoms with Crippen molar-refractivity contribution >= 4 is 50.1 Å². The fourth-order valence-electron chi connectivity index (χ4n) is 1.12. The second-order valence-electron chi connectivity index (χ2n) is 2.85. The lowest BCUT2D eigenvalue weighted by atomic mass is 10.1. The van der Waals surface area contributed by atoms with Crippen LogP contribution in [0.1, 0.15) is 5.56 Å². The standard InChI is InChI=1S/C9H6BrIN2S/c1-5-2-3-7(10)6(4-5)8-12-9(11)13-14-8/h2-4H,1H3. The first-order valence-electron chi connectivity index (χ1n) is 3.92. The first kappa shape index (κ1) is 10.5. The average Bonchev–Trinajstić information content (AvgIpc) is 2.56. The SMILES string of the molecule is Cc1ccc(Br)c(-c2nc(I)ns2)c1. The molecule has 1 aromatic heterocycles. The van der Waals surface area contributed by atoms with E-state index in [0.29, 0.717) is 0 Å². The van der Waals surface area contributed by atoms with Crippen molar-refractivity contribution in [2.45, 2.75) is 6.92 Å². The third-order valence-electron chi connectivity index (χ3n) is 1.75. The molecule has 0 saturated carbocycles. The van der Waals surface area contributed by atoms with Gasteiger partial charge in [0.2, 0.25) is 3.83 Å². The molecule has 14 heavy (non-hydrogen) atoms. The van der Waals surface area contributed by atoms with Crippen LogP contribution in [-0.2, 0) is 0 Å². The molecule has 2 rings (SSSR count). The molecule has 5 heteroatoms. The fraction of sp³-hybridized carbons (Fsp3) is 0.111. The quantitative estimate of drug-likeness (QED) is 0.701. The van der Waals surface area contributed by atoms with Crippen molar-refractivity contribution in [2.75, 3.05) is 0 Å². The second kappa shape index (κ2) is 4.24. The number of hydrogen-bond donors (Lipinski definition) is 0. The topological polar surface area (TPSA) is 25.8 Å². The molecule has 0 unspecified atom stereocenters. The number of rotatable bonds is 1. The van der Waals surface area contributed by atoms with E-state index < -0.39 is 0 Å². The second-order valence-corrected chi connectivity index (χ2v) is 5.42. The fourth-order valence-corrected chi connectivity index (χ4v) is 2.98. The van der Waals surface area contributed by atoms with Crippen LogP contribution in [0.3, 0.4) is 0 Å². The first-order valence-corrected chi connectivity index (χ1v) is 6.57. The Morgan fingerprint density at radius 2 is 2.21 bits per heavy atom. The zero-order valence-electron chi connectivity index (χ0n) is 7.29. The molecule has 0 aliphatic rings. The van der Waals surface area contributed by atoms with Gasteiger partial charge in [-0.1, -0.05) is 27.6 Å². The van der Waals surface area contributed by atoms with Crippen LogP contribution in [0, 0.1) is 10.8 Å². The third kappa shape index (κ3) is 2.14. The lowest BCUT2D eigenvalue weighted by molar-refractivity contribution is 1.25. The minimum Gasteiger partial charge on any atom is -0.210 e. The Balaban J connectivity index is 2.55. The molecular formula is C9H6BrIN2S. The molecule has 2 nitrogen and oxygen atoms in total. The zero-order chi connectivity index (χ0) is 10.1. The Morgan fingerprint density at radius 3 is 2.86 bits per heavy atom. The number of hydrogen-bond acceptors (Lipinski definition) is 3. The molecule has 0 aliphatic carbocycles. The molecule has 72 valence electrons. The van der Waals surface area contributed by atoms with E-state index in [1.54, 1.807) is 0 Å². The molecule has 0 radical (unpaired) electrons. The number of benzene rings is 1. The van der Waals surface area contributed by atoms with Crippen LogP contribution in [0.25, 0.3) is 10.6 Å². The van der Waals surface area contributed by atoms with Crippen molar-refractivity contribution in [1.82, 2.24) is 9.36 Å². The normalized spacial score (nSPS) is 10.5. The smallest absolute Gasteiger partial charge is 0.203 e. The van der Waals surface area contributed by atoms with Gasteiger partial charge in [0.05, 0.1) is 0 Å². The minimum absolute atomic E-state index is 0.802. The lowest BCUT2D eigenvalue weighted by Gasteiger charge is -2.00. The predicted octanol–water partition coefficient (Wildman–Crippen LogP) is 3.88. The van der Waals surface area contributed by atoms with Gasteiger partial charge in [-0.3, -0.25) is 0 Å². The van der Waals surface area contributed by atoms with Gasteiger partial charge in [0.1, 0.15) is 5.01 Å². The zero-order valence-corrected chi connectivity index (χ0v) is 11.9. The average molecular weight is 381 g/mol. The van der Waals surface area contributed by atoms with Gasteiger partial charge in [-0.15, -0.1) is 0 Å². The van der Waals surface area contributed by atoms with E-state index in [2.05, 4.69) is 66.9 Å². The van der Waals surface area contributed by atoms with E-state index in [9.17, 15) is 0 Å². The van der Waals surface area contributed by atoms with Gasteiger partial charge in [-0.2, -0.15) is 4.37 Å². The lowest BCUT2D eigenvalue weighted by Crippen LogP contribution is -1.81. The monoisotopic (exact) mass is 380 g/mol. The number of aromatic nitrogens is 2. The van der Waals surface area contributed by atoms with Crippen molar-refractivity contribution in [3.63, 3.8) is 0 Å². The van der Waals surface area contributed by atoms with Crippen LogP contribution < -0.4 is 0 Å². The summed E-state index contributed by atoms with van der Waals surface area (Å²) < 4.78 is 6.03. The number of halogens is 2. The Morgan fingerprint density at radius 1 is 1.43 bits per heavy atom. The van der Waals surface area contributed by atoms with Gasteiger partial charge in [-0.05, 0) is 30.6 Å². The molecule has 0 atom stereocenters. The van der Waals surface area contributed by atoms with Gasteiger partial charge in [-0.25, -0.2) is 4.98 Å². The van der Waals surface area contributed by atoms with Crippen LogP contribution >= 0.6 is 50.1 Å². The van der Waals surface area contributed by atoms with Crippen molar-refractivity contribution in [3.05, 3.63) is 32.1 Å². The molecular weight excluding hydrogens is 375 g/mol. The summed E-state index contributed by atoms with van der Waals surface area (Å²) in [6, 6.07) is 6.22. The maximum Gasteiger partial charge on any atom is 0.203 e. The van der Waals surface area contributed by atoms with Crippen LogP contribution in [0.4, 0.5) is 0 Å². The van der Waals surface area contributed by atoms with E-state index in [0.717, 1.165) is 18.9 Å². The van der Waals surface area contributed by atoms with E-state index in [4.69, 9.17) is 0 Å². The summed E-state index contributed by atoms with van der Waals surface area (Å²) in [6.45, 7) is 2.07. The van der Waals surface area contributed by atoms with Crippen molar-refractivity contribution in [1.29, 1.82) is 0 Å². The summed E-state index contributed by atoms with van der Waals surface area (Å²) in [4.78, 5) is 4.35. The molecule has 0 amide bonds. The van der Waals surface area contributed by atoms with Crippen molar-refractivity contribution in [2.24, 2.45) is 0 Å². The summed E-state index contributed by atoms with van der Waals surface area (Å²) in [5.41, 5.74) is 2.35. The maximum atomic E-state index is 4.35. The summed E-state index contributed by atoms with van der Waals surface area (Å²) in [7, 11) is 0. The summed E-state index contributed by atoms with van der Waals surface area (Å²) >= 11 is 7.06. The van der Waals surface area contributed by atoms with Gasteiger partial charge in [0.15, 0.2) is 0 Å². The summed E-state index contributed by atoms with van der Waals surface area (Å²) in [6.07, 6.45) is 0. The van der Waals surface area contributed by atoms with Gasteiger partial charge in [0.25, 0.3) is 0 Å². The first-order chi connectivity index (χ1) is 6.66.